The first-order chi connectivity index (χ1) is 8.12. The molecule has 0 amide bonds. The van der Waals surface area contributed by atoms with Gasteiger partial charge >= 0.3 is 0 Å². The van der Waals surface area contributed by atoms with Crippen molar-refractivity contribution in [2.75, 3.05) is 17.2 Å². The zero-order chi connectivity index (χ0) is 12.0. The molecule has 4 nitrogen and oxygen atoms in total. The van der Waals surface area contributed by atoms with E-state index in [0.717, 1.165) is 17.7 Å². The molecule has 1 aromatic rings. The summed E-state index contributed by atoms with van der Waals surface area (Å²) in [7, 11) is -2.82. The summed E-state index contributed by atoms with van der Waals surface area (Å²) in [5.74, 6) is 0.302. The quantitative estimate of drug-likeness (QED) is 0.833. The van der Waals surface area contributed by atoms with Crippen LogP contribution in [-0.2, 0) is 16.4 Å². The van der Waals surface area contributed by atoms with E-state index in [9.17, 15) is 8.42 Å². The average Bonchev–Trinajstić information content (AvgIpc) is 2.84. The van der Waals surface area contributed by atoms with Crippen LogP contribution in [0.5, 0.6) is 0 Å². The van der Waals surface area contributed by atoms with Crippen molar-refractivity contribution in [2.45, 2.75) is 24.3 Å². The van der Waals surface area contributed by atoms with Gasteiger partial charge < -0.3 is 10.6 Å². The highest BCUT2D eigenvalue weighted by atomic mass is 32.2. The predicted octanol–water partition coefficient (Wildman–Crippen LogP) is 0.521. The van der Waals surface area contributed by atoms with Crippen LogP contribution in [0.2, 0.25) is 0 Å². The van der Waals surface area contributed by atoms with Gasteiger partial charge in [0.2, 0.25) is 0 Å². The molecule has 2 aliphatic heterocycles. The number of rotatable bonds is 2. The highest BCUT2D eigenvalue weighted by molar-refractivity contribution is 7.92. The number of para-hydroxylation sites is 1. The maximum Gasteiger partial charge on any atom is 0.156 e. The van der Waals surface area contributed by atoms with Crippen molar-refractivity contribution >= 4 is 15.5 Å². The first-order valence-electron chi connectivity index (χ1n) is 5.88. The molecule has 2 N–H and O–H groups in total. The first-order valence-corrected chi connectivity index (χ1v) is 7.59. The van der Waals surface area contributed by atoms with Crippen molar-refractivity contribution < 1.29 is 8.42 Å². The maximum atomic E-state index is 11.7. The van der Waals surface area contributed by atoms with Crippen LogP contribution in [0.4, 0.5) is 5.69 Å². The number of anilines is 1. The van der Waals surface area contributed by atoms with Crippen molar-refractivity contribution in [3.8, 4) is 0 Å². The summed E-state index contributed by atoms with van der Waals surface area (Å²) >= 11 is 0. The third-order valence-corrected chi connectivity index (χ3v) is 6.04. The summed E-state index contributed by atoms with van der Waals surface area (Å²) in [5, 5.41) is -0.168. The van der Waals surface area contributed by atoms with E-state index in [1.807, 2.05) is 24.3 Å². The number of sulfone groups is 1. The fourth-order valence-electron chi connectivity index (χ4n) is 2.95. The summed E-state index contributed by atoms with van der Waals surface area (Å²) in [6.45, 7) is 1.13. The zero-order valence-corrected chi connectivity index (χ0v) is 10.4. The minimum atomic E-state index is -2.82. The molecule has 0 spiro atoms. The van der Waals surface area contributed by atoms with Gasteiger partial charge in [-0.05, 0) is 18.1 Å². The van der Waals surface area contributed by atoms with E-state index in [1.165, 1.54) is 0 Å². The van der Waals surface area contributed by atoms with Crippen molar-refractivity contribution in [3.63, 3.8) is 0 Å². The molecule has 2 aliphatic rings. The first kappa shape index (κ1) is 11.0. The second-order valence-corrected chi connectivity index (χ2v) is 7.15. The van der Waals surface area contributed by atoms with Crippen molar-refractivity contribution in [2.24, 2.45) is 5.73 Å². The van der Waals surface area contributed by atoms with Crippen LogP contribution < -0.4 is 10.6 Å². The minimum Gasteiger partial charge on any atom is -0.366 e. The predicted molar refractivity (Wildman–Crippen MR) is 67.7 cm³/mol. The molecule has 3 rings (SSSR count). The molecule has 2 bridgehead atoms. The van der Waals surface area contributed by atoms with E-state index in [2.05, 4.69) is 4.90 Å². The van der Waals surface area contributed by atoms with Gasteiger partial charge in [-0.3, -0.25) is 0 Å². The Morgan fingerprint density at radius 3 is 2.71 bits per heavy atom. The fourth-order valence-corrected chi connectivity index (χ4v) is 4.98. The molecule has 17 heavy (non-hydrogen) atoms. The highest BCUT2D eigenvalue weighted by Gasteiger charge is 2.48. The number of fused-ring (bicyclic) bond motifs is 2. The van der Waals surface area contributed by atoms with Crippen molar-refractivity contribution in [3.05, 3.63) is 29.8 Å². The van der Waals surface area contributed by atoms with E-state index in [-0.39, 0.29) is 11.3 Å². The van der Waals surface area contributed by atoms with Crippen molar-refractivity contribution in [1.29, 1.82) is 0 Å². The smallest absolute Gasteiger partial charge is 0.156 e. The lowest BCUT2D eigenvalue weighted by Gasteiger charge is -2.30. The Morgan fingerprint density at radius 2 is 2.12 bits per heavy atom. The largest absolute Gasteiger partial charge is 0.366 e. The Hall–Kier alpha value is -1.07. The van der Waals surface area contributed by atoms with Gasteiger partial charge in [0.25, 0.3) is 0 Å². The Kier molecular flexibility index (Phi) is 2.41. The topological polar surface area (TPSA) is 63.4 Å². The van der Waals surface area contributed by atoms with E-state index in [1.54, 1.807) is 0 Å². The molecule has 92 valence electrons. The molecular formula is C12H16N2O2S. The third-order valence-electron chi connectivity index (χ3n) is 3.83. The molecule has 2 saturated heterocycles. The fraction of sp³-hybridized carbons (Fsp3) is 0.500. The molecule has 2 fully saturated rings. The van der Waals surface area contributed by atoms with Crippen LogP contribution in [-0.4, -0.2) is 32.0 Å². The van der Waals surface area contributed by atoms with E-state index >= 15 is 0 Å². The van der Waals surface area contributed by atoms with Gasteiger partial charge in [-0.25, -0.2) is 8.42 Å². The number of nitrogens with zero attached hydrogens (tertiary/aromatic N) is 1. The van der Waals surface area contributed by atoms with E-state index in [4.69, 9.17) is 5.73 Å². The summed E-state index contributed by atoms with van der Waals surface area (Å²) < 4.78 is 23.4. The lowest BCUT2D eigenvalue weighted by molar-refractivity contribution is 0.585. The standard InChI is InChI=1S/C12H16N2O2S/c13-6-9-3-1-2-4-12(9)14-7-11-5-10(14)8-17(11,15)16/h1-4,10-11H,5-8,13H2. The van der Waals surface area contributed by atoms with Gasteiger partial charge in [0.1, 0.15) is 0 Å². The summed E-state index contributed by atoms with van der Waals surface area (Å²) in [6, 6.07) is 8.15. The van der Waals surface area contributed by atoms with Crippen LogP contribution in [0.15, 0.2) is 24.3 Å². The molecular weight excluding hydrogens is 236 g/mol. The summed E-state index contributed by atoms with van der Waals surface area (Å²) in [6.07, 6.45) is 0.779. The lowest BCUT2D eigenvalue weighted by atomic mass is 10.1. The van der Waals surface area contributed by atoms with Crippen LogP contribution in [0, 0.1) is 0 Å². The van der Waals surface area contributed by atoms with E-state index in [0.29, 0.717) is 18.8 Å². The SMILES string of the molecule is NCc1ccccc1N1CC2CC1CS2(=O)=O. The van der Waals surface area contributed by atoms with Gasteiger partial charge in [-0.1, -0.05) is 18.2 Å². The molecule has 0 aliphatic carbocycles. The molecule has 0 saturated carbocycles. The van der Waals surface area contributed by atoms with E-state index < -0.39 is 9.84 Å². The maximum absolute atomic E-state index is 11.7. The minimum absolute atomic E-state index is 0.151. The van der Waals surface area contributed by atoms with Crippen LogP contribution in [0.3, 0.4) is 0 Å². The Bertz CT molecular complexity index is 541. The molecule has 1 aromatic carbocycles. The monoisotopic (exact) mass is 252 g/mol. The second kappa shape index (κ2) is 3.71. The van der Waals surface area contributed by atoms with Gasteiger partial charge in [-0.2, -0.15) is 0 Å². The van der Waals surface area contributed by atoms with Gasteiger partial charge in [0.15, 0.2) is 9.84 Å². The molecule has 2 heterocycles. The molecule has 0 aromatic heterocycles. The molecule has 2 unspecified atom stereocenters. The number of nitrogens with two attached hydrogens (primary N) is 1. The van der Waals surface area contributed by atoms with Crippen LogP contribution >= 0.6 is 0 Å². The number of hydrogen-bond acceptors (Lipinski definition) is 4. The van der Waals surface area contributed by atoms with Crippen LogP contribution in [0.1, 0.15) is 12.0 Å². The van der Waals surface area contributed by atoms with Gasteiger partial charge in [0.05, 0.1) is 11.0 Å². The third kappa shape index (κ3) is 1.65. The lowest BCUT2D eigenvalue weighted by Crippen LogP contribution is -2.41. The van der Waals surface area contributed by atoms with Crippen molar-refractivity contribution in [1.82, 2.24) is 0 Å². The number of benzene rings is 1. The number of hydrogen-bond donors (Lipinski definition) is 1. The molecule has 0 radical (unpaired) electrons. The second-order valence-electron chi connectivity index (χ2n) is 4.83. The summed E-state index contributed by atoms with van der Waals surface area (Å²) in [4.78, 5) is 2.22. The van der Waals surface area contributed by atoms with Gasteiger partial charge in [0, 0.05) is 24.8 Å². The highest BCUT2D eigenvalue weighted by Crippen LogP contribution is 2.37. The molecule has 2 atom stereocenters. The Morgan fingerprint density at radius 1 is 1.35 bits per heavy atom. The Balaban J connectivity index is 1.94. The summed E-state index contributed by atoms with van der Waals surface area (Å²) in [5.41, 5.74) is 7.93. The zero-order valence-electron chi connectivity index (χ0n) is 9.54. The average molecular weight is 252 g/mol. The molecule has 5 heteroatoms. The van der Waals surface area contributed by atoms with Crippen LogP contribution in [0.25, 0.3) is 0 Å². The Labute approximate surface area is 101 Å². The normalized spacial score (nSPS) is 29.8. The van der Waals surface area contributed by atoms with Gasteiger partial charge in [-0.15, -0.1) is 0 Å².